The first-order chi connectivity index (χ1) is 69.2. The van der Waals surface area contributed by atoms with Gasteiger partial charge in [-0.2, -0.15) is 0 Å². The number of rotatable bonds is 8. The summed E-state index contributed by atoms with van der Waals surface area (Å²) in [6.07, 6.45) is 14.0. The van der Waals surface area contributed by atoms with Gasteiger partial charge in [0, 0.05) is 109 Å². The number of hydrogen-bond donors (Lipinski definition) is 0. The van der Waals surface area contributed by atoms with Crippen LogP contribution in [0.4, 0.5) is 0 Å². The molecule has 0 radical (unpaired) electrons. The van der Waals surface area contributed by atoms with Crippen molar-refractivity contribution in [2.24, 2.45) is 0 Å². The summed E-state index contributed by atoms with van der Waals surface area (Å²) >= 11 is 0. The minimum Gasteiger partial charge on any atom is -0.872 e. The summed E-state index contributed by atoms with van der Waals surface area (Å²) in [5.74, 6) is -0.174. The molecule has 25 heteroatoms. The monoisotopic (exact) mass is 2070 g/mol. The summed E-state index contributed by atoms with van der Waals surface area (Å²) in [6.45, 7) is 13.2. The molecule has 0 atom stereocenters. The minimum atomic E-state index is -0.104. The zero-order valence-corrected chi connectivity index (χ0v) is 97.5. The van der Waals surface area contributed by atoms with E-state index in [4.69, 9.17) is 24.9 Å². The normalized spacial score (nSPS) is 10.9. The van der Waals surface area contributed by atoms with Crippen LogP contribution in [0.5, 0.6) is 34.5 Å². The van der Waals surface area contributed by atoms with Gasteiger partial charge in [-0.15, -0.1) is 0 Å². The maximum atomic E-state index is 13.7. The minimum absolute atomic E-state index is 0. The molecule has 25 aromatic rings. The van der Waals surface area contributed by atoms with Crippen molar-refractivity contribution in [2.45, 2.75) is 52.4 Å². The number of benzene rings is 12. The molecule has 19 nitrogen and oxygen atoms in total. The average Bonchev–Trinajstić information content (AvgIpc) is 0.738. The van der Waals surface area contributed by atoms with Crippen molar-refractivity contribution < 1.29 is 248 Å². The van der Waals surface area contributed by atoms with Gasteiger partial charge in [-0.05, 0) is 169 Å². The Hall–Kier alpha value is -11.9. The Kier molecular flexibility index (Phi) is 37.9. The molecule has 13 heterocycles. The summed E-state index contributed by atoms with van der Waals surface area (Å²) < 4.78 is 0. The third kappa shape index (κ3) is 24.4. The van der Waals surface area contributed by atoms with Gasteiger partial charge in [-0.1, -0.05) is 349 Å². The second-order valence-electron chi connectivity index (χ2n) is 36.1. The van der Waals surface area contributed by atoms with Crippen LogP contribution in [0.25, 0.3) is 210 Å². The molecule has 0 aliphatic rings. The van der Waals surface area contributed by atoms with Crippen LogP contribution < -0.4 is 248 Å². The van der Waals surface area contributed by atoms with E-state index in [0.717, 1.165) is 125 Å². The molecule has 12 aromatic carbocycles. The van der Waals surface area contributed by atoms with Gasteiger partial charge < -0.3 is 30.6 Å². The van der Waals surface area contributed by atoms with Crippen molar-refractivity contribution in [3.05, 3.63) is 431 Å². The summed E-state index contributed by atoms with van der Waals surface area (Å²) in [6, 6.07) is 116. The predicted molar refractivity (Wildman–Crippen MR) is 560 cm³/mol. The van der Waals surface area contributed by atoms with Crippen LogP contribution in [0.2, 0.25) is 0 Å². The fraction of sp³-hybridized carbons (Fsp3) is 0.0650. The summed E-state index contributed by atoms with van der Waals surface area (Å²) in [4.78, 5) is 59.6. The van der Waals surface area contributed by atoms with Crippen molar-refractivity contribution >= 4 is 120 Å². The first-order valence-corrected chi connectivity index (χ1v) is 46.4. The van der Waals surface area contributed by atoms with Crippen molar-refractivity contribution in [2.75, 3.05) is 0 Å². The van der Waals surface area contributed by atoms with Crippen LogP contribution in [0.3, 0.4) is 0 Å². The topological polar surface area (TPSA) is 306 Å². The molecule has 0 saturated carbocycles. The Labute approximate surface area is 1020 Å². The van der Waals surface area contributed by atoms with Crippen LogP contribution >= 0.6 is 0 Å². The Bertz CT molecular complexity index is 8910. The standard InChI is InChI=1S/C30H18N4O.C26H28N2O.C22H14N2O.C18H12N2O.C16H12N2O.C11H9NO.Cs.K.2Li.2Na/c35-30-22(24-14-12-20-10-8-18-4-2-16-31-26(18)28(20)33-24)6-1-7-23(30)25-15-13-21-11-9-19-5-3-17-32-27(19)29(21)34-25;1-25(2,3)19-13-14-27-23-16(19)11-12-17-20(26(4,5)6)15-21(28-24(17)23)18-9-7-8-10-22(18)29;25-19-6-2-1-5-17(19)18-12-11-16-10-8-14-7-9-15-4-3-13-23-21(15)20(14)22(16)24-18;21-16-6-2-1-5-14(16)15-10-9-13-8-7-12-4-3-11-19-17(12)18(13)20-15;19-16-12(14-8-1-3-10-17-14)6-5-7-13(16)15-9-2-4-11-18-15;13-11-7-2-1-5-9(11)10-6-3-4-8-12-10;;;;;;/h1-17,35H;7-15,29H,1-6H3;1-13,25H;1-11,21H;1-11,19H;1-8,13H;;;;;;/q;;;;;;6*+1/p-6. The molecule has 0 fully saturated rings. The van der Waals surface area contributed by atoms with Gasteiger partial charge in [0.1, 0.15) is 0 Å². The number of hydrogen-bond acceptors (Lipinski definition) is 19. The Morgan fingerprint density at radius 2 is 0.446 bits per heavy atom. The van der Waals surface area contributed by atoms with E-state index in [1.165, 1.54) is 11.1 Å². The van der Waals surface area contributed by atoms with E-state index in [0.29, 0.717) is 84.4 Å². The molecule has 0 amide bonds. The molecule has 13 aromatic heterocycles. The number of para-hydroxylation sites is 6. The van der Waals surface area contributed by atoms with E-state index >= 15 is 0 Å². The second-order valence-corrected chi connectivity index (χ2v) is 36.1. The van der Waals surface area contributed by atoms with Crippen LogP contribution in [0, 0.1) is 0 Å². The molecule has 0 saturated heterocycles. The number of nitrogens with zero attached hydrogens (tertiary/aromatic N) is 13. The zero-order chi connectivity index (χ0) is 97.5. The predicted octanol–water partition coefficient (Wildman–Crippen LogP) is 7.34. The van der Waals surface area contributed by atoms with E-state index < -0.39 is 0 Å². The molecule has 148 heavy (non-hydrogen) atoms. The van der Waals surface area contributed by atoms with Crippen LogP contribution in [0.1, 0.15) is 52.7 Å². The van der Waals surface area contributed by atoms with E-state index in [9.17, 15) is 30.6 Å². The van der Waals surface area contributed by atoms with E-state index in [-0.39, 0.29) is 262 Å². The van der Waals surface area contributed by atoms with E-state index in [1.54, 1.807) is 116 Å². The van der Waals surface area contributed by atoms with Gasteiger partial charge in [0.15, 0.2) is 0 Å². The smallest absolute Gasteiger partial charge is 0.872 e. The number of fused-ring (bicyclic) bond motifs is 17. The first-order valence-electron chi connectivity index (χ1n) is 46.4. The number of pyridine rings is 13. The Balaban J connectivity index is 0.000000142. The van der Waals surface area contributed by atoms with Gasteiger partial charge in [0.25, 0.3) is 0 Å². The molecule has 0 spiro atoms. The summed E-state index contributed by atoms with van der Waals surface area (Å²) in [5.41, 5.74) is 21.0. The van der Waals surface area contributed by atoms with Gasteiger partial charge in [0.2, 0.25) is 0 Å². The van der Waals surface area contributed by atoms with Gasteiger partial charge in [0.05, 0.1) is 101 Å². The quantitative estimate of drug-likeness (QED) is 0.106. The Morgan fingerprint density at radius 3 is 0.804 bits per heavy atom. The molecule has 0 N–H and O–H groups in total. The first kappa shape index (κ1) is 112. The third-order valence-corrected chi connectivity index (χ3v) is 24.8. The third-order valence-electron chi connectivity index (χ3n) is 24.8. The molecule has 0 unspecified atom stereocenters. The number of aromatic nitrogens is 13. The molecular formula is C123H87CsKLi2N13Na2O6. The largest absolute Gasteiger partial charge is 1.00 e. The average molecular weight is 2070 g/mol. The second kappa shape index (κ2) is 50.2. The maximum absolute atomic E-state index is 13.7. The van der Waals surface area contributed by atoms with Gasteiger partial charge >= 0.3 is 217 Å². The zero-order valence-electron chi connectivity index (χ0n) is 84.1. The van der Waals surface area contributed by atoms with Crippen LogP contribution in [-0.2, 0) is 10.8 Å². The van der Waals surface area contributed by atoms with Gasteiger partial charge in [-0.3, -0.25) is 39.9 Å². The van der Waals surface area contributed by atoms with Crippen LogP contribution in [0.15, 0.2) is 420 Å². The summed E-state index contributed by atoms with van der Waals surface area (Å²) in [7, 11) is 0. The molecule has 686 valence electrons. The molecule has 25 rings (SSSR count). The fourth-order valence-electron chi connectivity index (χ4n) is 17.8. The van der Waals surface area contributed by atoms with E-state index in [2.05, 4.69) is 136 Å². The molecule has 0 aliphatic heterocycles. The van der Waals surface area contributed by atoms with Crippen LogP contribution in [-0.4, -0.2) is 64.8 Å². The Morgan fingerprint density at radius 1 is 0.189 bits per heavy atom. The van der Waals surface area contributed by atoms with Gasteiger partial charge in [-0.25, -0.2) is 24.9 Å². The van der Waals surface area contributed by atoms with Crippen molar-refractivity contribution in [3.63, 3.8) is 0 Å². The van der Waals surface area contributed by atoms with E-state index in [1.807, 2.05) is 249 Å². The SMILES string of the molecule is CC(C)(C)c1ccnc2c1ccc1c(C(C)(C)C)cc(-c3ccccc3[O-])nc12.[Cs+].[K+].[Li+].[Li+].[Na+].[Na+].[O-]c1c(-c2ccc3ccc4cccnc4c3n2)cccc1-c1ccc2ccc3cccnc3c2n1.[O-]c1c(-c2ccccn2)cccc1-c1ccccn1.[O-]c1ccccc1-c1ccc2ccc3ccc4cccnc4c3c2n1.[O-]c1ccccc1-c1ccc2ccc3cccnc3c2n1.[O-]c1ccccc1-c1ccccn1. The molecule has 0 bridgehead atoms. The fourth-order valence-corrected chi connectivity index (χ4v) is 17.8. The summed E-state index contributed by atoms with van der Waals surface area (Å²) in [5, 5.41) is 86.7. The molecule has 0 aliphatic carbocycles. The van der Waals surface area contributed by atoms with Crippen molar-refractivity contribution in [3.8, 4) is 125 Å². The molecular weight excluding hydrogens is 1990 g/mol. The van der Waals surface area contributed by atoms with Crippen molar-refractivity contribution in [1.29, 1.82) is 0 Å². The van der Waals surface area contributed by atoms with Crippen molar-refractivity contribution in [1.82, 2.24) is 64.8 Å². The maximum Gasteiger partial charge on any atom is 1.00 e.